The molecule has 0 unspecified atom stereocenters. The number of nitrogens with zero attached hydrogens (tertiary/aromatic N) is 1. The van der Waals surface area contributed by atoms with Gasteiger partial charge in [-0.25, -0.2) is 0 Å². The van der Waals surface area contributed by atoms with E-state index in [2.05, 4.69) is 5.73 Å². The molecule has 0 saturated heterocycles. The van der Waals surface area contributed by atoms with Gasteiger partial charge < -0.3 is 21.1 Å². The van der Waals surface area contributed by atoms with E-state index in [9.17, 15) is 4.79 Å². The highest BCUT2D eigenvalue weighted by atomic mass is 16.3. The van der Waals surface area contributed by atoms with Crippen molar-refractivity contribution >= 4 is 5.91 Å². The number of carbonyl (C=O) groups is 1. The summed E-state index contributed by atoms with van der Waals surface area (Å²) in [6, 6.07) is 0. The molecule has 0 aromatic heterocycles. The molecule has 0 heterocycles. The Balaban J connectivity index is 0. The summed E-state index contributed by atoms with van der Waals surface area (Å²) < 4.78 is 0. The lowest BCUT2D eigenvalue weighted by atomic mass is 10.4. The van der Waals surface area contributed by atoms with Crippen molar-refractivity contribution in [2.24, 2.45) is 5.73 Å². The second kappa shape index (κ2) is 12.3. The van der Waals surface area contributed by atoms with Gasteiger partial charge in [-0.1, -0.05) is 0 Å². The van der Waals surface area contributed by atoms with Crippen LogP contribution in [0.3, 0.4) is 0 Å². The summed E-state index contributed by atoms with van der Waals surface area (Å²) in [6.45, 7) is 3.06. The van der Waals surface area contributed by atoms with Crippen LogP contribution in [0.25, 0.3) is 0 Å². The topological polar surface area (TPSA) is 107 Å². The zero-order valence-electron chi connectivity index (χ0n) is 8.52. The maximum Gasteiger partial charge on any atom is 0.214 e. The molecule has 86 valence electrons. The molecule has 0 aliphatic carbocycles. The van der Waals surface area contributed by atoms with Crippen LogP contribution >= 0.6 is 0 Å². The third-order valence-electron chi connectivity index (χ3n) is 1.25. The number of rotatable bonds is 6. The van der Waals surface area contributed by atoms with Gasteiger partial charge in [0.15, 0.2) is 0 Å². The van der Waals surface area contributed by atoms with Gasteiger partial charge in [0.1, 0.15) is 0 Å². The van der Waals surface area contributed by atoms with Crippen LogP contribution in [-0.4, -0.2) is 65.6 Å². The predicted molar refractivity (Wildman–Crippen MR) is 52.6 cm³/mol. The Morgan fingerprint density at radius 3 is 1.43 bits per heavy atom. The Morgan fingerprint density at radius 2 is 1.29 bits per heavy atom. The van der Waals surface area contributed by atoms with Gasteiger partial charge in [0.25, 0.3) is 0 Å². The minimum atomic E-state index is -0.333. The molecule has 6 heteroatoms. The van der Waals surface area contributed by atoms with Crippen molar-refractivity contribution in [3.8, 4) is 0 Å². The minimum Gasteiger partial charge on any atom is -0.395 e. The summed E-state index contributed by atoms with van der Waals surface area (Å²) in [5.74, 6) is -0.333. The van der Waals surface area contributed by atoms with Gasteiger partial charge in [-0.3, -0.25) is 9.69 Å². The van der Waals surface area contributed by atoms with Gasteiger partial charge in [0, 0.05) is 26.6 Å². The molecule has 0 fully saturated rings. The smallest absolute Gasteiger partial charge is 0.214 e. The van der Waals surface area contributed by atoms with Crippen LogP contribution in [0, 0.1) is 0 Å². The van der Waals surface area contributed by atoms with E-state index < -0.39 is 0 Å². The molecule has 0 bridgehead atoms. The number of amides is 1. The normalized spacial score (nSPS) is 9.50. The van der Waals surface area contributed by atoms with Gasteiger partial charge in [-0.05, 0) is 0 Å². The second-order valence-electron chi connectivity index (χ2n) is 2.62. The first-order chi connectivity index (χ1) is 6.58. The maximum atomic E-state index is 9.22. The third kappa shape index (κ3) is 17.4. The van der Waals surface area contributed by atoms with Crippen LogP contribution in [0.2, 0.25) is 0 Å². The molecule has 14 heavy (non-hydrogen) atoms. The fraction of sp³-hybridized carbons (Fsp3) is 0.875. The van der Waals surface area contributed by atoms with Crippen molar-refractivity contribution in [3.63, 3.8) is 0 Å². The lowest BCUT2D eigenvalue weighted by molar-refractivity contribution is -0.115. The highest BCUT2D eigenvalue weighted by Crippen LogP contribution is 1.84. The van der Waals surface area contributed by atoms with E-state index in [0.29, 0.717) is 19.6 Å². The number of hydrogen-bond acceptors (Lipinski definition) is 5. The van der Waals surface area contributed by atoms with Crippen LogP contribution in [0.1, 0.15) is 6.92 Å². The van der Waals surface area contributed by atoms with Crippen LogP contribution in [0.15, 0.2) is 0 Å². The van der Waals surface area contributed by atoms with E-state index in [4.69, 9.17) is 15.3 Å². The van der Waals surface area contributed by atoms with Crippen molar-refractivity contribution in [1.29, 1.82) is 0 Å². The third-order valence-corrected chi connectivity index (χ3v) is 1.25. The molecule has 0 aliphatic heterocycles. The van der Waals surface area contributed by atoms with E-state index in [1.54, 1.807) is 4.90 Å². The predicted octanol–water partition coefficient (Wildman–Crippen LogP) is -2.24. The average molecular weight is 208 g/mol. The van der Waals surface area contributed by atoms with Crippen molar-refractivity contribution in [2.75, 3.05) is 39.5 Å². The molecule has 0 radical (unpaired) electrons. The molecule has 6 nitrogen and oxygen atoms in total. The first-order valence-electron chi connectivity index (χ1n) is 4.39. The number of aliphatic hydroxyl groups is 3. The molecule has 0 aliphatic rings. The molecule has 0 aromatic carbocycles. The lowest BCUT2D eigenvalue weighted by Gasteiger charge is -2.17. The molecular weight excluding hydrogens is 188 g/mol. The fourth-order valence-corrected chi connectivity index (χ4v) is 0.760. The molecule has 0 aromatic rings. The average Bonchev–Trinajstić information content (AvgIpc) is 2.04. The standard InChI is InChI=1S/C6H15NO3.C2H5NO/c8-4-1-7(2-5-9)3-6-10;1-2(3)4/h8-10H,1-6H2;1H3,(H2,3,4). The summed E-state index contributed by atoms with van der Waals surface area (Å²) in [5.41, 5.74) is 4.47. The number of hydrogen-bond donors (Lipinski definition) is 4. The van der Waals surface area contributed by atoms with E-state index in [1.165, 1.54) is 6.92 Å². The highest BCUT2D eigenvalue weighted by molar-refractivity contribution is 5.70. The monoisotopic (exact) mass is 208 g/mol. The molecular formula is C8H20N2O4. The largest absolute Gasteiger partial charge is 0.395 e. The van der Waals surface area contributed by atoms with Crippen LogP contribution in [-0.2, 0) is 4.79 Å². The first-order valence-corrected chi connectivity index (χ1v) is 4.39. The van der Waals surface area contributed by atoms with E-state index in [1.807, 2.05) is 0 Å². The highest BCUT2D eigenvalue weighted by Gasteiger charge is 2.00. The van der Waals surface area contributed by atoms with Crippen LogP contribution in [0.5, 0.6) is 0 Å². The SMILES string of the molecule is CC(N)=O.OCCN(CCO)CCO. The molecule has 0 rings (SSSR count). The van der Waals surface area contributed by atoms with Crippen molar-refractivity contribution < 1.29 is 20.1 Å². The minimum absolute atomic E-state index is 0.0694. The zero-order valence-corrected chi connectivity index (χ0v) is 8.52. The summed E-state index contributed by atoms with van der Waals surface area (Å²) in [5, 5.41) is 25.5. The Bertz CT molecular complexity index is 114. The quantitative estimate of drug-likeness (QED) is 0.395. The van der Waals surface area contributed by atoms with Crippen molar-refractivity contribution in [3.05, 3.63) is 0 Å². The Labute approximate surface area is 83.9 Å². The summed E-state index contributed by atoms with van der Waals surface area (Å²) in [7, 11) is 0. The number of carbonyl (C=O) groups excluding carboxylic acids is 1. The van der Waals surface area contributed by atoms with Gasteiger partial charge in [0.05, 0.1) is 19.8 Å². The van der Waals surface area contributed by atoms with Crippen LogP contribution in [0.4, 0.5) is 0 Å². The molecule has 1 amide bonds. The molecule has 5 N–H and O–H groups in total. The van der Waals surface area contributed by atoms with E-state index in [-0.39, 0.29) is 25.7 Å². The summed E-state index contributed by atoms with van der Waals surface area (Å²) in [6.07, 6.45) is 0. The van der Waals surface area contributed by atoms with E-state index in [0.717, 1.165) is 0 Å². The Hall–Kier alpha value is -0.690. The number of primary amides is 1. The van der Waals surface area contributed by atoms with Crippen molar-refractivity contribution in [2.45, 2.75) is 6.92 Å². The molecule has 0 spiro atoms. The summed E-state index contributed by atoms with van der Waals surface area (Å²) in [4.78, 5) is 11.0. The van der Waals surface area contributed by atoms with Crippen molar-refractivity contribution in [1.82, 2.24) is 4.90 Å². The van der Waals surface area contributed by atoms with Gasteiger partial charge >= 0.3 is 0 Å². The van der Waals surface area contributed by atoms with Gasteiger partial charge in [-0.15, -0.1) is 0 Å². The fourth-order valence-electron chi connectivity index (χ4n) is 0.760. The Kier molecular flexibility index (Phi) is 13.9. The zero-order chi connectivity index (χ0) is 11.4. The first kappa shape index (κ1) is 15.8. The lowest BCUT2D eigenvalue weighted by Crippen LogP contribution is -2.32. The molecule has 0 atom stereocenters. The van der Waals surface area contributed by atoms with Gasteiger partial charge in [0.2, 0.25) is 5.91 Å². The van der Waals surface area contributed by atoms with E-state index >= 15 is 0 Å². The summed E-state index contributed by atoms with van der Waals surface area (Å²) >= 11 is 0. The van der Waals surface area contributed by atoms with Gasteiger partial charge in [-0.2, -0.15) is 0 Å². The van der Waals surface area contributed by atoms with Crippen LogP contribution < -0.4 is 5.73 Å². The molecule has 0 saturated carbocycles. The Morgan fingerprint density at radius 1 is 1.07 bits per heavy atom. The number of aliphatic hydroxyl groups excluding tert-OH is 3. The second-order valence-corrected chi connectivity index (χ2v) is 2.62. The maximum absolute atomic E-state index is 9.22. The number of nitrogens with two attached hydrogens (primary N) is 1.